The minimum absolute atomic E-state index is 0.0174. The van der Waals surface area contributed by atoms with Crippen LogP contribution in [0.2, 0.25) is 0 Å². The van der Waals surface area contributed by atoms with E-state index >= 15 is 0 Å². The number of carboxylic acids is 1. The number of likely N-dealkylation sites (tertiary alicyclic amines) is 1. The fourth-order valence-electron chi connectivity index (χ4n) is 5.56. The van der Waals surface area contributed by atoms with E-state index in [0.717, 1.165) is 0 Å². The second-order valence-corrected chi connectivity index (χ2v) is 13.7. The van der Waals surface area contributed by atoms with Gasteiger partial charge in [0.2, 0.25) is 41.4 Å². The summed E-state index contributed by atoms with van der Waals surface area (Å²) in [6.07, 6.45) is 2.12. The molecule has 56 heavy (non-hydrogen) atoms. The van der Waals surface area contributed by atoms with Crippen LogP contribution in [0.4, 0.5) is 0 Å². The number of nitrogens with one attached hydrogen (secondary N) is 6. The Bertz CT molecular complexity index is 1390. The van der Waals surface area contributed by atoms with E-state index in [1.165, 1.54) is 11.8 Å². The number of nitrogens with two attached hydrogens (primary N) is 4. The topological polar surface area (TPSA) is 389 Å². The van der Waals surface area contributed by atoms with E-state index in [1.54, 1.807) is 13.8 Å². The summed E-state index contributed by atoms with van der Waals surface area (Å²) >= 11 is 0. The van der Waals surface area contributed by atoms with Crippen molar-refractivity contribution in [3.05, 3.63) is 0 Å². The second kappa shape index (κ2) is 25.1. The van der Waals surface area contributed by atoms with Gasteiger partial charge in [0.15, 0.2) is 5.96 Å². The number of rotatable bonds is 25. The van der Waals surface area contributed by atoms with E-state index in [0.29, 0.717) is 25.8 Å². The monoisotopic (exact) mass is 800 g/mol. The Labute approximate surface area is 324 Å². The Morgan fingerprint density at radius 1 is 0.786 bits per heavy atom. The molecule has 0 aromatic heterocycles. The van der Waals surface area contributed by atoms with E-state index in [2.05, 4.69) is 36.9 Å². The molecule has 0 aliphatic carbocycles. The number of nitrogens with zero attached hydrogens (tertiary/aromatic N) is 2. The van der Waals surface area contributed by atoms with E-state index < -0.39 is 115 Å². The molecule has 1 fully saturated rings. The smallest absolute Gasteiger partial charge is 0.326 e. The largest absolute Gasteiger partial charge is 0.480 e. The van der Waals surface area contributed by atoms with Gasteiger partial charge in [0.05, 0.1) is 19.8 Å². The molecule has 0 unspecified atom stereocenters. The van der Waals surface area contributed by atoms with Crippen molar-refractivity contribution in [2.75, 3.05) is 39.4 Å². The maximum absolute atomic E-state index is 13.7. The highest BCUT2D eigenvalue weighted by Gasteiger charge is 2.39. The van der Waals surface area contributed by atoms with Gasteiger partial charge in [-0.3, -0.25) is 38.6 Å². The molecule has 0 radical (unpaired) electrons. The number of unbranched alkanes of at least 4 members (excludes halogenated alkanes) is 1. The average molecular weight is 801 g/mol. The van der Waals surface area contributed by atoms with Crippen LogP contribution in [0.3, 0.4) is 0 Å². The second-order valence-electron chi connectivity index (χ2n) is 13.7. The zero-order valence-electron chi connectivity index (χ0n) is 32.1. The zero-order chi connectivity index (χ0) is 42.5. The Hall–Kier alpha value is -5.13. The van der Waals surface area contributed by atoms with Gasteiger partial charge in [-0.05, 0) is 64.3 Å². The fraction of sp³-hybridized carbons (Fsp3) is 0.727. The quantitative estimate of drug-likeness (QED) is 0.0232. The number of aliphatic hydroxyl groups excluding tert-OH is 2. The maximum Gasteiger partial charge on any atom is 0.326 e. The van der Waals surface area contributed by atoms with E-state index in [1.807, 2.05) is 0 Å². The average Bonchev–Trinajstić information content (AvgIpc) is 3.64. The zero-order valence-corrected chi connectivity index (χ0v) is 32.1. The minimum atomic E-state index is -1.57. The molecule has 0 aromatic carbocycles. The number of hydrogen-bond donors (Lipinski definition) is 13. The molecule has 7 amide bonds. The van der Waals surface area contributed by atoms with Gasteiger partial charge in [-0.15, -0.1) is 0 Å². The first-order valence-corrected chi connectivity index (χ1v) is 18.4. The maximum atomic E-state index is 13.7. The molecule has 0 spiro atoms. The van der Waals surface area contributed by atoms with Crippen LogP contribution < -0.4 is 54.8 Å². The molecule has 0 saturated carbocycles. The lowest BCUT2D eigenvalue weighted by Crippen LogP contribution is -2.58. The van der Waals surface area contributed by atoms with Crippen LogP contribution in [0.15, 0.2) is 4.99 Å². The highest BCUT2D eigenvalue weighted by molar-refractivity contribution is 5.97. The van der Waals surface area contributed by atoms with Crippen molar-refractivity contribution in [3.8, 4) is 0 Å². The summed E-state index contributed by atoms with van der Waals surface area (Å²) in [5.41, 5.74) is 21.7. The number of carbonyl (C=O) groups excluding carboxylic acids is 7. The van der Waals surface area contributed by atoms with E-state index in [-0.39, 0.29) is 44.7 Å². The predicted molar refractivity (Wildman–Crippen MR) is 201 cm³/mol. The number of carbonyl (C=O) groups is 8. The normalized spacial score (nSPS) is 16.9. The number of aliphatic carboxylic acids is 1. The molecule has 318 valence electrons. The van der Waals surface area contributed by atoms with Crippen molar-refractivity contribution < 1.29 is 53.7 Å². The van der Waals surface area contributed by atoms with Crippen molar-refractivity contribution in [1.29, 1.82) is 0 Å². The van der Waals surface area contributed by atoms with Crippen LogP contribution in [-0.4, -0.2) is 155 Å². The van der Waals surface area contributed by atoms with Gasteiger partial charge >= 0.3 is 5.97 Å². The van der Waals surface area contributed by atoms with Crippen LogP contribution in [0.1, 0.15) is 65.7 Å². The summed E-state index contributed by atoms with van der Waals surface area (Å²) in [4.78, 5) is 107. The number of hydrogen-bond acceptors (Lipinski definition) is 13. The summed E-state index contributed by atoms with van der Waals surface area (Å²) in [5.74, 6) is -7.34. The van der Waals surface area contributed by atoms with Crippen molar-refractivity contribution >= 4 is 53.3 Å². The van der Waals surface area contributed by atoms with Crippen LogP contribution >= 0.6 is 0 Å². The lowest BCUT2D eigenvalue weighted by Gasteiger charge is -2.30. The van der Waals surface area contributed by atoms with Crippen LogP contribution in [0.5, 0.6) is 0 Å². The minimum Gasteiger partial charge on any atom is -0.480 e. The number of aliphatic imine (C=N–C) groups is 1. The summed E-state index contributed by atoms with van der Waals surface area (Å²) in [6.45, 7) is 2.91. The molecule has 1 rings (SSSR count). The summed E-state index contributed by atoms with van der Waals surface area (Å²) in [7, 11) is 0. The van der Waals surface area contributed by atoms with E-state index in [9.17, 15) is 53.7 Å². The highest BCUT2D eigenvalue weighted by atomic mass is 16.4. The standard InChI is InChI=1S/C33H60N12O11/c1-17(2)25(32(55)56)44-30(53)23-10-7-13-45(23)31(54)21(8-4-5-11-34)41-24(48)14-39-28(51)22(16-47)43-26(49)18(3)40-29(52)20(9-6-12-38-33(36)37)42-27(50)19(35)15-46/h17-23,25,46-47H,4-16,34-35H2,1-3H3,(H,39,51)(H,40,52)(H,41,48)(H,42,50)(H,43,49)(H,44,53)(H,55,56)(H4,36,37,38)/t18-,19-,20-,21-,22-,23-,25-/m0/s1. The van der Waals surface area contributed by atoms with Crippen LogP contribution in [0, 0.1) is 5.92 Å². The summed E-state index contributed by atoms with van der Waals surface area (Å²) in [5, 5.41) is 42.9. The Balaban J connectivity index is 2.90. The van der Waals surface area contributed by atoms with Gasteiger partial charge in [0.25, 0.3) is 0 Å². The molecule has 17 N–H and O–H groups in total. The van der Waals surface area contributed by atoms with Crippen LogP contribution in [0.25, 0.3) is 0 Å². The number of guanidine groups is 1. The molecule has 1 aliphatic heterocycles. The first-order valence-electron chi connectivity index (χ1n) is 18.4. The van der Waals surface area contributed by atoms with Gasteiger partial charge in [-0.25, -0.2) is 4.79 Å². The molecule has 1 saturated heterocycles. The Morgan fingerprint density at radius 2 is 1.43 bits per heavy atom. The van der Waals surface area contributed by atoms with Crippen molar-refractivity contribution in [2.24, 2.45) is 33.8 Å². The third-order valence-corrected chi connectivity index (χ3v) is 8.75. The fourth-order valence-corrected chi connectivity index (χ4v) is 5.56. The number of amides is 7. The molecule has 23 heteroatoms. The third kappa shape index (κ3) is 16.7. The van der Waals surface area contributed by atoms with Crippen LogP contribution in [-0.2, 0) is 38.4 Å². The number of aliphatic hydroxyl groups is 2. The highest BCUT2D eigenvalue weighted by Crippen LogP contribution is 2.20. The van der Waals surface area contributed by atoms with Crippen molar-refractivity contribution in [3.63, 3.8) is 0 Å². The molecule has 1 aliphatic rings. The Morgan fingerprint density at radius 3 is 2.00 bits per heavy atom. The molecule has 1 heterocycles. The first kappa shape index (κ1) is 48.9. The van der Waals surface area contributed by atoms with Gasteiger partial charge in [0, 0.05) is 13.1 Å². The molecule has 23 nitrogen and oxygen atoms in total. The third-order valence-electron chi connectivity index (χ3n) is 8.75. The molecular weight excluding hydrogens is 740 g/mol. The molecular formula is C33H60N12O11. The molecule has 7 atom stereocenters. The van der Waals surface area contributed by atoms with Crippen molar-refractivity contribution in [1.82, 2.24) is 36.8 Å². The van der Waals surface area contributed by atoms with E-state index in [4.69, 9.17) is 22.9 Å². The molecule has 0 bridgehead atoms. The number of carboxylic acid groups (broad SMARTS) is 1. The lowest BCUT2D eigenvalue weighted by molar-refractivity contribution is -0.145. The summed E-state index contributed by atoms with van der Waals surface area (Å²) in [6, 6.07) is -8.64. The first-order chi connectivity index (χ1) is 26.4. The van der Waals surface area contributed by atoms with Gasteiger partial charge < -0.3 is 75.1 Å². The molecule has 0 aromatic rings. The van der Waals surface area contributed by atoms with Gasteiger partial charge in [-0.1, -0.05) is 13.8 Å². The Kier molecular flexibility index (Phi) is 21.9. The summed E-state index contributed by atoms with van der Waals surface area (Å²) < 4.78 is 0. The SMILES string of the molecule is CC(C)[C@H](NC(=O)[C@@H]1CCCN1C(=O)[C@H](CCCCN)NC(=O)CNC(=O)[C@H](CO)NC(=O)[C@H](C)NC(=O)[C@H](CCCN=C(N)N)NC(=O)[C@@H](N)CO)C(=O)O. The van der Waals surface area contributed by atoms with Crippen molar-refractivity contribution in [2.45, 2.75) is 108 Å². The van der Waals surface area contributed by atoms with Gasteiger partial charge in [0.1, 0.15) is 42.3 Å². The lowest BCUT2D eigenvalue weighted by atomic mass is 10.0. The predicted octanol–water partition coefficient (Wildman–Crippen LogP) is -6.23. The van der Waals surface area contributed by atoms with Gasteiger partial charge in [-0.2, -0.15) is 0 Å².